The third-order valence-electron chi connectivity index (χ3n) is 12.7. The molecule has 12 aromatic rings. The highest BCUT2D eigenvalue weighted by atomic mass is 15.0. The molecule has 3 aromatic heterocycles. The number of hydrogen-bond acceptors (Lipinski definition) is 2. The van der Waals surface area contributed by atoms with Gasteiger partial charge in [0.25, 0.3) is 0 Å². The van der Waals surface area contributed by atoms with Gasteiger partial charge in [-0.3, -0.25) is 4.98 Å². The van der Waals surface area contributed by atoms with Crippen LogP contribution >= 0.6 is 0 Å². The molecule has 0 aliphatic carbocycles. The Morgan fingerprint density at radius 1 is 0.312 bits per heavy atom. The SMILES string of the molecule is N#Cc1ccc(-c2c(-n3c4cc(-c5ccccc5)ccc4c4ccc(-c5ccccc5)cc43)cncc2-n2c3cc(-c4ccccc4)ccc3c3ccc(-c4ccccc4)cc32)cc1. The molecular formula is C60H38N4. The third kappa shape index (κ3) is 6.18. The van der Waals surface area contributed by atoms with Gasteiger partial charge in [0.1, 0.15) is 0 Å². The van der Waals surface area contributed by atoms with Crippen molar-refractivity contribution in [2.75, 3.05) is 0 Å². The van der Waals surface area contributed by atoms with Crippen LogP contribution in [0, 0.1) is 11.3 Å². The molecule has 0 bridgehead atoms. The first kappa shape index (κ1) is 37.0. The lowest BCUT2D eigenvalue weighted by molar-refractivity contribution is 1.09. The molecule has 0 atom stereocenters. The summed E-state index contributed by atoms with van der Waals surface area (Å²) < 4.78 is 4.82. The molecule has 9 aromatic carbocycles. The highest BCUT2D eigenvalue weighted by Gasteiger charge is 2.24. The Hall–Kier alpha value is -8.78. The minimum absolute atomic E-state index is 0.606. The molecule has 3 heterocycles. The summed E-state index contributed by atoms with van der Waals surface area (Å²) in [5.74, 6) is 0. The Morgan fingerprint density at radius 2 is 0.609 bits per heavy atom. The molecule has 0 aliphatic rings. The molecule has 12 rings (SSSR count). The van der Waals surface area contributed by atoms with Crippen LogP contribution in [0.25, 0.3) is 111 Å². The largest absolute Gasteiger partial charge is 0.307 e. The van der Waals surface area contributed by atoms with Crippen molar-refractivity contribution in [2.45, 2.75) is 0 Å². The molecule has 0 unspecified atom stereocenters. The van der Waals surface area contributed by atoms with Gasteiger partial charge < -0.3 is 9.13 Å². The summed E-state index contributed by atoms with van der Waals surface area (Å²) in [6, 6.07) is 80.0. The molecule has 0 radical (unpaired) electrons. The van der Waals surface area contributed by atoms with E-state index in [2.05, 4.69) is 221 Å². The molecule has 4 heteroatoms. The highest BCUT2D eigenvalue weighted by Crippen LogP contribution is 2.44. The van der Waals surface area contributed by atoms with E-state index in [1.165, 1.54) is 0 Å². The zero-order valence-corrected chi connectivity index (χ0v) is 34.7. The Morgan fingerprint density at radius 3 is 0.906 bits per heavy atom. The number of rotatable bonds is 7. The molecule has 0 N–H and O–H groups in total. The maximum atomic E-state index is 9.99. The molecule has 0 fully saturated rings. The van der Waals surface area contributed by atoms with Gasteiger partial charge in [0, 0.05) is 27.1 Å². The number of benzene rings is 9. The monoisotopic (exact) mass is 814 g/mol. The minimum atomic E-state index is 0.606. The summed E-state index contributed by atoms with van der Waals surface area (Å²) in [7, 11) is 0. The van der Waals surface area contributed by atoms with Gasteiger partial charge in [0.2, 0.25) is 0 Å². The number of nitrogens with zero attached hydrogens (tertiary/aromatic N) is 4. The van der Waals surface area contributed by atoms with Gasteiger partial charge in [0.05, 0.1) is 57.5 Å². The number of aromatic nitrogens is 3. The quantitative estimate of drug-likeness (QED) is 0.161. The molecule has 64 heavy (non-hydrogen) atoms. The highest BCUT2D eigenvalue weighted by molar-refractivity contribution is 6.14. The van der Waals surface area contributed by atoms with Gasteiger partial charge in [-0.25, -0.2) is 0 Å². The van der Waals surface area contributed by atoms with Crippen LogP contribution in [0.4, 0.5) is 0 Å². The average Bonchev–Trinajstić information content (AvgIpc) is 3.88. The van der Waals surface area contributed by atoms with Gasteiger partial charge in [-0.15, -0.1) is 0 Å². The van der Waals surface area contributed by atoms with Crippen molar-refractivity contribution in [3.05, 3.63) is 236 Å². The van der Waals surface area contributed by atoms with Crippen molar-refractivity contribution in [2.24, 2.45) is 0 Å². The first-order chi connectivity index (χ1) is 31.7. The van der Waals surface area contributed by atoms with Crippen LogP contribution in [0.2, 0.25) is 0 Å². The zero-order valence-electron chi connectivity index (χ0n) is 34.7. The van der Waals surface area contributed by atoms with Gasteiger partial charge >= 0.3 is 0 Å². The van der Waals surface area contributed by atoms with Gasteiger partial charge in [-0.2, -0.15) is 5.26 Å². The minimum Gasteiger partial charge on any atom is -0.307 e. The van der Waals surface area contributed by atoms with E-state index in [1.807, 2.05) is 24.5 Å². The summed E-state index contributed by atoms with van der Waals surface area (Å²) >= 11 is 0. The van der Waals surface area contributed by atoms with Gasteiger partial charge in [-0.1, -0.05) is 182 Å². The van der Waals surface area contributed by atoms with E-state index in [4.69, 9.17) is 4.98 Å². The van der Waals surface area contributed by atoms with Crippen LogP contribution in [0.15, 0.2) is 231 Å². The molecule has 298 valence electrons. The predicted molar refractivity (Wildman–Crippen MR) is 265 cm³/mol. The second kappa shape index (κ2) is 15.3. The molecule has 0 amide bonds. The lowest BCUT2D eigenvalue weighted by atomic mass is 10.0. The number of pyridine rings is 1. The van der Waals surface area contributed by atoms with Gasteiger partial charge in [0.15, 0.2) is 0 Å². The van der Waals surface area contributed by atoms with Crippen molar-refractivity contribution in [1.29, 1.82) is 5.26 Å². The number of fused-ring (bicyclic) bond motifs is 6. The summed E-state index contributed by atoms with van der Waals surface area (Å²) in [5, 5.41) is 14.6. The summed E-state index contributed by atoms with van der Waals surface area (Å²) in [6.07, 6.45) is 4.03. The van der Waals surface area contributed by atoms with Gasteiger partial charge in [-0.05, 0) is 86.5 Å². The standard InChI is InChI=1S/C60H38N4/c61-37-40-21-23-45(24-22-40)60-58(63-54-33-46(41-13-5-1-6-14-41)25-29-50(54)51-30-26-47(34-55(51)63)42-15-7-2-8-16-42)38-62-39-59(60)64-56-35-48(43-17-9-3-10-18-43)27-31-52(56)53-32-28-49(36-57(53)64)44-19-11-4-12-20-44/h1-36,38-39H. The van der Waals surface area contributed by atoms with E-state index >= 15 is 0 Å². The van der Waals surface area contributed by atoms with Crippen molar-refractivity contribution >= 4 is 43.6 Å². The number of nitriles is 1. The first-order valence-electron chi connectivity index (χ1n) is 21.6. The van der Waals surface area contributed by atoms with Crippen LogP contribution in [0.5, 0.6) is 0 Å². The fraction of sp³-hybridized carbons (Fsp3) is 0. The first-order valence-corrected chi connectivity index (χ1v) is 21.6. The second-order valence-electron chi connectivity index (χ2n) is 16.3. The topological polar surface area (TPSA) is 46.5 Å². The van der Waals surface area contributed by atoms with Crippen LogP contribution in [0.3, 0.4) is 0 Å². The second-order valence-corrected chi connectivity index (χ2v) is 16.3. The molecule has 0 saturated heterocycles. The van der Waals surface area contributed by atoms with E-state index in [-0.39, 0.29) is 0 Å². The normalized spacial score (nSPS) is 11.4. The average molecular weight is 815 g/mol. The molecule has 4 nitrogen and oxygen atoms in total. The molecule has 0 saturated carbocycles. The predicted octanol–water partition coefficient (Wildman–Crippen LogP) is 15.5. The Bertz CT molecular complexity index is 3340. The van der Waals surface area contributed by atoms with Crippen LogP contribution < -0.4 is 0 Å². The van der Waals surface area contributed by atoms with E-state index < -0.39 is 0 Å². The summed E-state index contributed by atoms with van der Waals surface area (Å²) in [6.45, 7) is 0. The van der Waals surface area contributed by atoms with E-state index in [1.54, 1.807) is 0 Å². The maximum absolute atomic E-state index is 9.99. The third-order valence-corrected chi connectivity index (χ3v) is 12.7. The van der Waals surface area contributed by atoms with Crippen LogP contribution in [-0.2, 0) is 0 Å². The molecular weight excluding hydrogens is 777 g/mol. The smallest absolute Gasteiger partial charge is 0.0991 e. The Balaban J connectivity index is 1.22. The van der Waals surface area contributed by atoms with Crippen LogP contribution in [0.1, 0.15) is 5.56 Å². The van der Waals surface area contributed by atoms with Crippen molar-refractivity contribution in [3.63, 3.8) is 0 Å². The lowest BCUT2D eigenvalue weighted by Gasteiger charge is -2.20. The van der Waals surface area contributed by atoms with Crippen LogP contribution in [-0.4, -0.2) is 14.1 Å². The van der Waals surface area contributed by atoms with Crippen molar-refractivity contribution in [3.8, 4) is 73.1 Å². The zero-order chi connectivity index (χ0) is 42.6. The maximum Gasteiger partial charge on any atom is 0.0991 e. The van der Waals surface area contributed by atoms with E-state index in [0.29, 0.717) is 5.56 Å². The van der Waals surface area contributed by atoms with Crippen molar-refractivity contribution < 1.29 is 0 Å². The Kier molecular flexibility index (Phi) is 8.84. The Labute approximate surface area is 370 Å². The van der Waals surface area contributed by atoms with E-state index in [9.17, 15) is 5.26 Å². The fourth-order valence-corrected chi connectivity index (χ4v) is 9.58. The molecule has 0 spiro atoms. The lowest BCUT2D eigenvalue weighted by Crippen LogP contribution is -2.05. The summed E-state index contributed by atoms with van der Waals surface area (Å²) in [5.41, 5.74) is 17.9. The fourth-order valence-electron chi connectivity index (χ4n) is 9.58. The molecule has 0 aliphatic heterocycles. The number of hydrogen-bond donors (Lipinski definition) is 0. The summed E-state index contributed by atoms with van der Waals surface area (Å²) in [4.78, 5) is 5.17. The van der Waals surface area contributed by atoms with E-state index in [0.717, 1.165) is 111 Å². The van der Waals surface area contributed by atoms with Crippen molar-refractivity contribution in [1.82, 2.24) is 14.1 Å².